The maximum absolute atomic E-state index is 12.6. The molecule has 0 aromatic carbocycles. The maximum atomic E-state index is 12.6. The molecule has 0 unspecified atom stereocenters. The fraction of sp³-hybridized carbons (Fsp3) is 0.526. The van der Waals surface area contributed by atoms with Crippen molar-refractivity contribution in [3.8, 4) is 0 Å². The number of amides is 2. The van der Waals surface area contributed by atoms with Gasteiger partial charge in [-0.25, -0.2) is 9.78 Å². The Morgan fingerprint density at radius 3 is 2.54 bits per heavy atom. The summed E-state index contributed by atoms with van der Waals surface area (Å²) in [5.74, 6) is 1.50. The molecule has 4 rings (SSSR count). The van der Waals surface area contributed by atoms with Crippen molar-refractivity contribution in [2.75, 3.05) is 39.4 Å². The number of carbonyl (C=O) groups excluding carboxylic acids is 1. The number of pyridine rings is 1. The smallest absolute Gasteiger partial charge is 0.320 e. The number of urea groups is 1. The van der Waals surface area contributed by atoms with Crippen LogP contribution >= 0.6 is 0 Å². The van der Waals surface area contributed by atoms with E-state index in [1.807, 2.05) is 46.6 Å². The maximum Gasteiger partial charge on any atom is 0.320 e. The SMILES string of the molecule is O=C(N1CCOCC1)N1CCC(c2nccn2Cc2ccccn2)CC1. The van der Waals surface area contributed by atoms with Crippen LogP contribution < -0.4 is 0 Å². The molecule has 138 valence electrons. The molecule has 0 spiro atoms. The molecule has 2 aromatic rings. The van der Waals surface area contributed by atoms with Gasteiger partial charge in [-0.2, -0.15) is 0 Å². The average Bonchev–Trinajstić information content (AvgIpc) is 3.17. The summed E-state index contributed by atoms with van der Waals surface area (Å²) in [6, 6.07) is 6.13. The summed E-state index contributed by atoms with van der Waals surface area (Å²) in [5, 5.41) is 0. The van der Waals surface area contributed by atoms with Gasteiger partial charge in [0.1, 0.15) is 5.82 Å². The standard InChI is InChI=1S/C19H25N5O2/c25-19(23-11-13-26-14-12-23)22-8-4-16(5-9-22)18-21-7-10-24(18)15-17-3-1-2-6-20-17/h1-3,6-7,10,16H,4-5,8-9,11-15H2. The van der Waals surface area contributed by atoms with Crippen LogP contribution in [0.1, 0.15) is 30.3 Å². The van der Waals surface area contributed by atoms with E-state index in [1.165, 1.54) is 0 Å². The zero-order valence-electron chi connectivity index (χ0n) is 15.0. The highest BCUT2D eigenvalue weighted by Gasteiger charge is 2.29. The summed E-state index contributed by atoms with van der Waals surface area (Å²) in [7, 11) is 0. The van der Waals surface area contributed by atoms with E-state index in [0.717, 1.165) is 44.0 Å². The van der Waals surface area contributed by atoms with Gasteiger partial charge in [0.25, 0.3) is 0 Å². The fourth-order valence-electron chi connectivity index (χ4n) is 3.76. The lowest BCUT2D eigenvalue weighted by atomic mass is 9.96. The summed E-state index contributed by atoms with van der Waals surface area (Å²) in [6.07, 6.45) is 7.62. The highest BCUT2D eigenvalue weighted by molar-refractivity contribution is 5.74. The van der Waals surface area contributed by atoms with E-state index in [9.17, 15) is 4.79 Å². The van der Waals surface area contributed by atoms with Crippen molar-refractivity contribution >= 4 is 6.03 Å². The second-order valence-corrected chi connectivity index (χ2v) is 6.88. The lowest BCUT2D eigenvalue weighted by Crippen LogP contribution is -2.50. The van der Waals surface area contributed by atoms with Crippen molar-refractivity contribution in [3.63, 3.8) is 0 Å². The number of morpholine rings is 1. The Hall–Kier alpha value is -2.41. The third-order valence-electron chi connectivity index (χ3n) is 5.22. The first-order valence-electron chi connectivity index (χ1n) is 9.34. The van der Waals surface area contributed by atoms with E-state index < -0.39 is 0 Å². The second kappa shape index (κ2) is 7.86. The minimum absolute atomic E-state index is 0.156. The molecule has 2 aliphatic rings. The van der Waals surface area contributed by atoms with Gasteiger partial charge < -0.3 is 19.1 Å². The third-order valence-corrected chi connectivity index (χ3v) is 5.22. The largest absolute Gasteiger partial charge is 0.378 e. The zero-order chi connectivity index (χ0) is 17.8. The lowest BCUT2D eigenvalue weighted by Gasteiger charge is -2.37. The highest BCUT2D eigenvalue weighted by atomic mass is 16.5. The number of hydrogen-bond donors (Lipinski definition) is 0. The van der Waals surface area contributed by atoms with Crippen LogP contribution in [0.5, 0.6) is 0 Å². The van der Waals surface area contributed by atoms with Gasteiger partial charge in [-0.15, -0.1) is 0 Å². The number of ether oxygens (including phenoxy) is 1. The quantitative estimate of drug-likeness (QED) is 0.844. The molecule has 2 saturated heterocycles. The Morgan fingerprint density at radius 2 is 1.81 bits per heavy atom. The molecule has 2 amide bonds. The second-order valence-electron chi connectivity index (χ2n) is 6.88. The van der Waals surface area contributed by atoms with Gasteiger partial charge >= 0.3 is 6.03 Å². The van der Waals surface area contributed by atoms with Gasteiger partial charge in [-0.1, -0.05) is 6.07 Å². The number of piperidine rings is 1. The van der Waals surface area contributed by atoms with Crippen molar-refractivity contribution in [2.24, 2.45) is 0 Å². The molecule has 7 nitrogen and oxygen atoms in total. The lowest BCUT2D eigenvalue weighted by molar-refractivity contribution is 0.0410. The summed E-state index contributed by atoms with van der Waals surface area (Å²) in [5.41, 5.74) is 1.03. The molecule has 0 bridgehead atoms. The topological polar surface area (TPSA) is 63.5 Å². The highest BCUT2D eigenvalue weighted by Crippen LogP contribution is 2.27. The molecule has 2 aliphatic heterocycles. The Morgan fingerprint density at radius 1 is 1.04 bits per heavy atom. The number of carbonyl (C=O) groups is 1. The number of imidazole rings is 1. The van der Waals surface area contributed by atoms with Crippen molar-refractivity contribution < 1.29 is 9.53 Å². The molecule has 0 N–H and O–H groups in total. The number of aromatic nitrogens is 3. The molecular weight excluding hydrogens is 330 g/mol. The van der Waals surface area contributed by atoms with Gasteiger partial charge in [0.2, 0.25) is 0 Å². The van der Waals surface area contributed by atoms with Gasteiger partial charge in [-0.05, 0) is 25.0 Å². The number of rotatable bonds is 3. The minimum atomic E-state index is 0.156. The third kappa shape index (κ3) is 3.72. The Kier molecular flexibility index (Phi) is 5.15. The predicted octanol–water partition coefficient (Wildman–Crippen LogP) is 1.96. The van der Waals surface area contributed by atoms with E-state index in [2.05, 4.69) is 14.5 Å². The van der Waals surface area contributed by atoms with E-state index in [-0.39, 0.29) is 6.03 Å². The molecule has 0 radical (unpaired) electrons. The van der Waals surface area contributed by atoms with Crippen LogP contribution in [0.4, 0.5) is 4.79 Å². The van der Waals surface area contributed by atoms with E-state index in [4.69, 9.17) is 4.74 Å². The molecule has 0 aliphatic carbocycles. The van der Waals surface area contributed by atoms with E-state index in [0.29, 0.717) is 32.2 Å². The molecular formula is C19H25N5O2. The average molecular weight is 355 g/mol. The monoisotopic (exact) mass is 355 g/mol. The molecule has 26 heavy (non-hydrogen) atoms. The van der Waals surface area contributed by atoms with Crippen LogP contribution in [0, 0.1) is 0 Å². The van der Waals surface area contributed by atoms with Crippen LogP contribution in [0.2, 0.25) is 0 Å². The minimum Gasteiger partial charge on any atom is -0.378 e. The molecule has 2 fully saturated rings. The fourth-order valence-corrected chi connectivity index (χ4v) is 3.76. The molecule has 7 heteroatoms. The molecule has 4 heterocycles. The zero-order valence-corrected chi connectivity index (χ0v) is 15.0. The summed E-state index contributed by atoms with van der Waals surface area (Å²) >= 11 is 0. The summed E-state index contributed by atoms with van der Waals surface area (Å²) < 4.78 is 7.52. The molecule has 0 atom stereocenters. The van der Waals surface area contributed by atoms with Gasteiger partial charge in [-0.3, -0.25) is 4.98 Å². The molecule has 0 saturated carbocycles. The van der Waals surface area contributed by atoms with Gasteiger partial charge in [0, 0.05) is 50.7 Å². The summed E-state index contributed by atoms with van der Waals surface area (Å²) in [6.45, 7) is 5.01. The van der Waals surface area contributed by atoms with Crippen LogP contribution in [0.25, 0.3) is 0 Å². The van der Waals surface area contributed by atoms with Gasteiger partial charge in [0.15, 0.2) is 0 Å². The number of hydrogen-bond acceptors (Lipinski definition) is 4. The Labute approximate surface area is 153 Å². The van der Waals surface area contributed by atoms with E-state index >= 15 is 0 Å². The predicted molar refractivity (Wildman–Crippen MR) is 96.9 cm³/mol. The first kappa shape index (κ1) is 17.0. The van der Waals surface area contributed by atoms with Crippen molar-refractivity contribution in [3.05, 3.63) is 48.3 Å². The number of nitrogens with zero attached hydrogens (tertiary/aromatic N) is 5. The van der Waals surface area contributed by atoms with Crippen LogP contribution in [-0.4, -0.2) is 69.8 Å². The van der Waals surface area contributed by atoms with Crippen molar-refractivity contribution in [1.29, 1.82) is 0 Å². The first-order valence-corrected chi connectivity index (χ1v) is 9.34. The van der Waals surface area contributed by atoms with Crippen LogP contribution in [0.3, 0.4) is 0 Å². The number of likely N-dealkylation sites (tertiary alicyclic amines) is 1. The van der Waals surface area contributed by atoms with E-state index in [1.54, 1.807) is 0 Å². The van der Waals surface area contributed by atoms with Crippen molar-refractivity contribution in [2.45, 2.75) is 25.3 Å². The summed E-state index contributed by atoms with van der Waals surface area (Å²) in [4.78, 5) is 25.5. The normalized spacial score (nSPS) is 18.9. The van der Waals surface area contributed by atoms with Gasteiger partial charge in [0.05, 0.1) is 25.5 Å². The van der Waals surface area contributed by atoms with Crippen LogP contribution in [0.15, 0.2) is 36.8 Å². The Balaban J connectivity index is 1.36. The van der Waals surface area contributed by atoms with Crippen LogP contribution in [-0.2, 0) is 11.3 Å². The molecule has 2 aromatic heterocycles. The Bertz CT molecular complexity index is 719. The first-order chi connectivity index (χ1) is 12.8. The van der Waals surface area contributed by atoms with Crippen molar-refractivity contribution in [1.82, 2.24) is 24.3 Å².